The third-order valence-electron chi connectivity index (χ3n) is 4.31. The minimum absolute atomic E-state index is 0.0619. The Morgan fingerprint density at radius 1 is 1.00 bits per heavy atom. The molecule has 0 radical (unpaired) electrons. The number of carbonyl (C=O) groups excluding carboxylic acids is 1. The minimum Gasteiger partial charge on any atom is -0.352 e. The van der Waals surface area contributed by atoms with Gasteiger partial charge in [0.2, 0.25) is 0 Å². The molecule has 0 saturated heterocycles. The van der Waals surface area contributed by atoms with Gasteiger partial charge in [0.05, 0.1) is 5.69 Å². The first-order valence-electron chi connectivity index (χ1n) is 9.57. The van der Waals surface area contributed by atoms with E-state index >= 15 is 0 Å². The fourth-order valence-electron chi connectivity index (χ4n) is 2.85. The van der Waals surface area contributed by atoms with Gasteiger partial charge in [-0.3, -0.25) is 4.79 Å². The Bertz CT molecular complexity index is 938. The van der Waals surface area contributed by atoms with Crippen LogP contribution in [0, 0.1) is 12.8 Å². The Kier molecular flexibility index (Phi) is 6.37. The molecule has 0 atom stereocenters. The Balaban J connectivity index is 1.75. The van der Waals surface area contributed by atoms with E-state index in [0.29, 0.717) is 29.7 Å². The third-order valence-corrected chi connectivity index (χ3v) is 4.31. The van der Waals surface area contributed by atoms with Crippen molar-refractivity contribution in [1.29, 1.82) is 0 Å². The maximum Gasteiger partial charge on any atom is 0.251 e. The fourth-order valence-corrected chi connectivity index (χ4v) is 2.85. The standard InChI is InChI=1S/C23H26N4O/c1-16(2)12-13-24-23(28)19-10-7-11-20(14-19)27-22-15-21(25-17(3)26-22)18-8-5-4-6-9-18/h4-11,14-16H,12-13H2,1-3H3,(H,24,28)(H,25,26,27). The SMILES string of the molecule is Cc1nc(Nc2cccc(C(=O)NCCC(C)C)c2)cc(-c2ccccc2)n1. The summed E-state index contributed by atoms with van der Waals surface area (Å²) in [4.78, 5) is 21.4. The fraction of sp³-hybridized carbons (Fsp3) is 0.261. The molecule has 144 valence electrons. The molecule has 0 fully saturated rings. The van der Waals surface area contributed by atoms with Gasteiger partial charge in [-0.1, -0.05) is 50.2 Å². The van der Waals surface area contributed by atoms with Crippen molar-refractivity contribution >= 4 is 17.4 Å². The van der Waals surface area contributed by atoms with Crippen LogP contribution < -0.4 is 10.6 Å². The van der Waals surface area contributed by atoms with Crippen molar-refractivity contribution in [3.05, 3.63) is 72.1 Å². The van der Waals surface area contributed by atoms with Gasteiger partial charge >= 0.3 is 0 Å². The highest BCUT2D eigenvalue weighted by molar-refractivity contribution is 5.95. The lowest BCUT2D eigenvalue weighted by Gasteiger charge is -2.11. The molecule has 0 aliphatic carbocycles. The summed E-state index contributed by atoms with van der Waals surface area (Å²) in [5, 5.41) is 6.26. The van der Waals surface area contributed by atoms with Gasteiger partial charge in [-0.15, -0.1) is 0 Å². The molecule has 3 aromatic rings. The van der Waals surface area contributed by atoms with Gasteiger partial charge in [-0.25, -0.2) is 9.97 Å². The van der Waals surface area contributed by atoms with Gasteiger partial charge in [-0.2, -0.15) is 0 Å². The molecule has 3 rings (SSSR count). The van der Waals surface area contributed by atoms with Crippen molar-refractivity contribution in [2.45, 2.75) is 27.2 Å². The van der Waals surface area contributed by atoms with E-state index in [4.69, 9.17) is 0 Å². The molecule has 1 heterocycles. The van der Waals surface area contributed by atoms with E-state index in [9.17, 15) is 4.79 Å². The van der Waals surface area contributed by atoms with Crippen LogP contribution in [0.3, 0.4) is 0 Å². The number of anilines is 2. The first-order chi connectivity index (χ1) is 13.5. The zero-order chi connectivity index (χ0) is 19.9. The van der Waals surface area contributed by atoms with Crippen molar-refractivity contribution < 1.29 is 4.79 Å². The quantitative estimate of drug-likeness (QED) is 0.613. The van der Waals surface area contributed by atoms with Gasteiger partial charge in [0.1, 0.15) is 11.6 Å². The average molecular weight is 374 g/mol. The zero-order valence-corrected chi connectivity index (χ0v) is 16.6. The molecule has 0 saturated carbocycles. The normalized spacial score (nSPS) is 10.7. The second kappa shape index (κ2) is 9.13. The van der Waals surface area contributed by atoms with E-state index in [-0.39, 0.29) is 5.91 Å². The van der Waals surface area contributed by atoms with Gasteiger partial charge in [-0.05, 0) is 37.5 Å². The summed E-state index contributed by atoms with van der Waals surface area (Å²) in [6, 6.07) is 19.4. The van der Waals surface area contributed by atoms with Crippen LogP contribution in [-0.4, -0.2) is 22.4 Å². The summed E-state index contributed by atoms with van der Waals surface area (Å²) < 4.78 is 0. The molecule has 2 aromatic carbocycles. The Morgan fingerprint density at radius 3 is 2.54 bits per heavy atom. The number of carbonyl (C=O) groups is 1. The molecule has 1 aromatic heterocycles. The number of hydrogen-bond acceptors (Lipinski definition) is 4. The van der Waals surface area contributed by atoms with Crippen LogP contribution in [0.4, 0.5) is 11.5 Å². The first kappa shape index (κ1) is 19.5. The average Bonchev–Trinajstić information content (AvgIpc) is 2.68. The van der Waals surface area contributed by atoms with Gasteiger partial charge < -0.3 is 10.6 Å². The van der Waals surface area contributed by atoms with Crippen LogP contribution in [0.15, 0.2) is 60.7 Å². The summed E-state index contributed by atoms with van der Waals surface area (Å²) >= 11 is 0. The lowest BCUT2D eigenvalue weighted by molar-refractivity contribution is 0.0952. The number of aromatic nitrogens is 2. The van der Waals surface area contributed by atoms with Crippen LogP contribution in [0.5, 0.6) is 0 Å². The van der Waals surface area contributed by atoms with Gasteiger partial charge in [0.25, 0.3) is 5.91 Å². The molecule has 5 heteroatoms. The highest BCUT2D eigenvalue weighted by Gasteiger charge is 2.08. The molecule has 0 aliphatic heterocycles. The molecular formula is C23H26N4O. The highest BCUT2D eigenvalue weighted by Crippen LogP contribution is 2.22. The molecule has 5 nitrogen and oxygen atoms in total. The predicted molar refractivity (Wildman–Crippen MR) is 114 cm³/mol. The molecule has 28 heavy (non-hydrogen) atoms. The van der Waals surface area contributed by atoms with E-state index in [1.165, 1.54) is 0 Å². The topological polar surface area (TPSA) is 66.9 Å². The maximum atomic E-state index is 12.4. The number of hydrogen-bond donors (Lipinski definition) is 2. The molecule has 0 spiro atoms. The van der Waals surface area contributed by atoms with Crippen LogP contribution >= 0.6 is 0 Å². The van der Waals surface area contributed by atoms with Crippen molar-refractivity contribution in [3.8, 4) is 11.3 Å². The number of amides is 1. The number of nitrogens with one attached hydrogen (secondary N) is 2. The summed E-state index contributed by atoms with van der Waals surface area (Å²) in [6.07, 6.45) is 0.964. The smallest absolute Gasteiger partial charge is 0.251 e. The lowest BCUT2D eigenvalue weighted by Crippen LogP contribution is -2.25. The van der Waals surface area contributed by atoms with Crippen LogP contribution in [0.2, 0.25) is 0 Å². The van der Waals surface area contributed by atoms with E-state index in [2.05, 4.69) is 34.4 Å². The van der Waals surface area contributed by atoms with Crippen molar-refractivity contribution in [2.75, 3.05) is 11.9 Å². The summed E-state index contributed by atoms with van der Waals surface area (Å²) in [7, 11) is 0. The number of nitrogens with zero attached hydrogens (tertiary/aromatic N) is 2. The van der Waals surface area contributed by atoms with E-state index < -0.39 is 0 Å². The predicted octanol–water partition coefficient (Wildman–Crippen LogP) is 4.97. The van der Waals surface area contributed by atoms with Crippen molar-refractivity contribution in [3.63, 3.8) is 0 Å². The molecular weight excluding hydrogens is 348 g/mol. The van der Waals surface area contributed by atoms with Crippen molar-refractivity contribution in [2.24, 2.45) is 5.92 Å². The second-order valence-corrected chi connectivity index (χ2v) is 7.20. The van der Waals surface area contributed by atoms with Gasteiger partial charge in [0.15, 0.2) is 0 Å². The van der Waals surface area contributed by atoms with Crippen LogP contribution in [-0.2, 0) is 0 Å². The van der Waals surface area contributed by atoms with Gasteiger partial charge in [0, 0.05) is 29.4 Å². The second-order valence-electron chi connectivity index (χ2n) is 7.20. The largest absolute Gasteiger partial charge is 0.352 e. The van der Waals surface area contributed by atoms with E-state index in [1.807, 2.05) is 67.6 Å². The summed E-state index contributed by atoms with van der Waals surface area (Å²) in [5.74, 6) is 1.89. The number of aryl methyl sites for hydroxylation is 1. The van der Waals surface area contributed by atoms with E-state index in [0.717, 1.165) is 23.4 Å². The van der Waals surface area contributed by atoms with Crippen LogP contribution in [0.1, 0.15) is 36.5 Å². The minimum atomic E-state index is -0.0619. The molecule has 0 bridgehead atoms. The third kappa shape index (κ3) is 5.39. The number of benzene rings is 2. The maximum absolute atomic E-state index is 12.4. The lowest BCUT2D eigenvalue weighted by atomic mass is 10.1. The monoisotopic (exact) mass is 374 g/mol. The summed E-state index contributed by atoms with van der Waals surface area (Å²) in [5.41, 5.74) is 3.34. The summed E-state index contributed by atoms with van der Waals surface area (Å²) in [6.45, 7) is 6.84. The Labute approximate surface area is 166 Å². The Hall–Kier alpha value is -3.21. The first-order valence-corrected chi connectivity index (χ1v) is 9.57. The van der Waals surface area contributed by atoms with Crippen molar-refractivity contribution in [1.82, 2.24) is 15.3 Å². The number of rotatable bonds is 7. The Morgan fingerprint density at radius 2 is 1.79 bits per heavy atom. The van der Waals surface area contributed by atoms with E-state index in [1.54, 1.807) is 0 Å². The molecule has 0 aliphatic rings. The zero-order valence-electron chi connectivity index (χ0n) is 16.6. The molecule has 0 unspecified atom stereocenters. The van der Waals surface area contributed by atoms with Crippen LogP contribution in [0.25, 0.3) is 11.3 Å². The molecule has 2 N–H and O–H groups in total. The highest BCUT2D eigenvalue weighted by atomic mass is 16.1. The molecule has 1 amide bonds.